The lowest BCUT2D eigenvalue weighted by molar-refractivity contribution is 0.626. The zero-order valence-electron chi connectivity index (χ0n) is 10.7. The van der Waals surface area contributed by atoms with Crippen molar-refractivity contribution < 1.29 is 4.39 Å². The van der Waals surface area contributed by atoms with Crippen molar-refractivity contribution in [3.8, 4) is 0 Å². The molecule has 0 N–H and O–H groups in total. The topological polar surface area (TPSA) is 0 Å². The minimum Gasteiger partial charge on any atom is -0.207 e. The van der Waals surface area contributed by atoms with Gasteiger partial charge in [-0.3, -0.25) is 0 Å². The van der Waals surface area contributed by atoms with E-state index in [1.807, 2.05) is 0 Å². The van der Waals surface area contributed by atoms with Gasteiger partial charge in [0.25, 0.3) is 0 Å². The van der Waals surface area contributed by atoms with Gasteiger partial charge in [-0.25, -0.2) is 4.39 Å². The molecule has 0 spiro atoms. The van der Waals surface area contributed by atoms with Crippen molar-refractivity contribution >= 4 is 34.2 Å². The standard InChI is InChI=1S/C16H15ClFI/c1-2-3-11-4-6-12(7-5-11)16(17)14-9-8-13(18)10-15(14)19/h4-10,16H,2-3H2,1H3. The number of rotatable bonds is 4. The smallest absolute Gasteiger partial charge is 0.124 e. The Balaban J connectivity index is 2.25. The van der Waals surface area contributed by atoms with Crippen LogP contribution in [0.5, 0.6) is 0 Å². The van der Waals surface area contributed by atoms with Crippen LogP contribution in [0.15, 0.2) is 42.5 Å². The molecule has 1 unspecified atom stereocenters. The largest absolute Gasteiger partial charge is 0.207 e. The Morgan fingerprint density at radius 1 is 1.16 bits per heavy atom. The summed E-state index contributed by atoms with van der Waals surface area (Å²) in [5, 5.41) is -0.233. The predicted molar refractivity (Wildman–Crippen MR) is 87.3 cm³/mol. The van der Waals surface area contributed by atoms with Crippen LogP contribution in [0.2, 0.25) is 0 Å². The summed E-state index contributed by atoms with van der Waals surface area (Å²) in [7, 11) is 0. The molecule has 0 bridgehead atoms. The molecule has 0 amide bonds. The molecular formula is C16H15ClFI. The number of aryl methyl sites for hydroxylation is 1. The van der Waals surface area contributed by atoms with E-state index < -0.39 is 0 Å². The predicted octanol–water partition coefficient (Wildman–Crippen LogP) is 5.71. The van der Waals surface area contributed by atoms with E-state index in [0.29, 0.717) is 0 Å². The van der Waals surface area contributed by atoms with Crippen molar-refractivity contribution in [2.45, 2.75) is 25.1 Å². The van der Waals surface area contributed by atoms with Gasteiger partial charge >= 0.3 is 0 Å². The Kier molecular flexibility index (Phi) is 5.22. The van der Waals surface area contributed by atoms with Crippen LogP contribution in [0.25, 0.3) is 0 Å². The van der Waals surface area contributed by atoms with Gasteiger partial charge in [-0.2, -0.15) is 0 Å². The van der Waals surface area contributed by atoms with E-state index in [1.54, 1.807) is 6.07 Å². The average molecular weight is 389 g/mol. The lowest BCUT2D eigenvalue weighted by atomic mass is 10.0. The summed E-state index contributed by atoms with van der Waals surface area (Å²) in [5.74, 6) is -0.227. The molecule has 0 aromatic heterocycles. The minimum absolute atomic E-state index is 0.227. The molecule has 100 valence electrons. The maximum atomic E-state index is 13.1. The zero-order valence-corrected chi connectivity index (χ0v) is 13.6. The highest BCUT2D eigenvalue weighted by atomic mass is 127. The molecular weight excluding hydrogens is 374 g/mol. The first-order chi connectivity index (χ1) is 9.11. The molecule has 0 fully saturated rings. The van der Waals surface area contributed by atoms with Crippen LogP contribution in [0, 0.1) is 9.39 Å². The van der Waals surface area contributed by atoms with Gasteiger partial charge < -0.3 is 0 Å². The van der Waals surface area contributed by atoms with Gasteiger partial charge in [0.1, 0.15) is 5.82 Å². The highest BCUT2D eigenvalue weighted by Crippen LogP contribution is 2.32. The maximum Gasteiger partial charge on any atom is 0.124 e. The van der Waals surface area contributed by atoms with E-state index in [0.717, 1.165) is 27.5 Å². The van der Waals surface area contributed by atoms with E-state index >= 15 is 0 Å². The number of benzene rings is 2. The monoisotopic (exact) mass is 388 g/mol. The van der Waals surface area contributed by atoms with Gasteiger partial charge in [0.05, 0.1) is 5.38 Å². The third-order valence-electron chi connectivity index (χ3n) is 3.05. The fraction of sp³-hybridized carbons (Fsp3) is 0.250. The molecule has 19 heavy (non-hydrogen) atoms. The van der Waals surface area contributed by atoms with Crippen molar-refractivity contribution in [1.82, 2.24) is 0 Å². The van der Waals surface area contributed by atoms with E-state index in [9.17, 15) is 4.39 Å². The van der Waals surface area contributed by atoms with Gasteiger partial charge in [0, 0.05) is 3.57 Å². The number of halogens is 3. The van der Waals surface area contributed by atoms with Crippen LogP contribution < -0.4 is 0 Å². The molecule has 3 heteroatoms. The molecule has 2 aromatic rings. The third-order valence-corrected chi connectivity index (χ3v) is 4.47. The van der Waals surface area contributed by atoms with Crippen molar-refractivity contribution in [2.75, 3.05) is 0 Å². The van der Waals surface area contributed by atoms with Crippen LogP contribution in [0.4, 0.5) is 4.39 Å². The van der Waals surface area contributed by atoms with Gasteiger partial charge in [-0.05, 0) is 57.8 Å². The van der Waals surface area contributed by atoms with E-state index in [-0.39, 0.29) is 11.2 Å². The second-order valence-electron chi connectivity index (χ2n) is 4.52. The van der Waals surface area contributed by atoms with Crippen LogP contribution in [-0.4, -0.2) is 0 Å². The highest BCUT2D eigenvalue weighted by molar-refractivity contribution is 14.1. The molecule has 0 aliphatic carbocycles. The van der Waals surface area contributed by atoms with Crippen molar-refractivity contribution in [1.29, 1.82) is 0 Å². The van der Waals surface area contributed by atoms with Gasteiger partial charge in [0.2, 0.25) is 0 Å². The summed E-state index contributed by atoms with van der Waals surface area (Å²) >= 11 is 8.62. The molecule has 2 rings (SSSR count). The second-order valence-corrected chi connectivity index (χ2v) is 6.12. The van der Waals surface area contributed by atoms with Crippen molar-refractivity contribution in [2.24, 2.45) is 0 Å². The summed E-state index contributed by atoms with van der Waals surface area (Å²) < 4.78 is 14.0. The van der Waals surface area contributed by atoms with Crippen LogP contribution in [0.3, 0.4) is 0 Å². The molecule has 0 aliphatic rings. The first kappa shape index (κ1) is 14.8. The Morgan fingerprint density at radius 3 is 2.42 bits per heavy atom. The lowest BCUT2D eigenvalue weighted by Crippen LogP contribution is -1.97. The molecule has 0 heterocycles. The number of hydrogen-bond donors (Lipinski definition) is 0. The van der Waals surface area contributed by atoms with Crippen molar-refractivity contribution in [3.63, 3.8) is 0 Å². The Labute approximate surface area is 132 Å². The Bertz CT molecular complexity index is 551. The van der Waals surface area contributed by atoms with Crippen LogP contribution >= 0.6 is 34.2 Å². The van der Waals surface area contributed by atoms with Crippen LogP contribution in [0.1, 0.15) is 35.4 Å². The molecule has 0 aliphatic heterocycles. The van der Waals surface area contributed by atoms with E-state index in [1.165, 1.54) is 17.7 Å². The summed E-state index contributed by atoms with van der Waals surface area (Å²) in [6, 6.07) is 13.1. The van der Waals surface area contributed by atoms with E-state index in [4.69, 9.17) is 11.6 Å². The fourth-order valence-corrected chi connectivity index (χ4v) is 3.34. The van der Waals surface area contributed by atoms with Gasteiger partial charge in [0.15, 0.2) is 0 Å². The molecule has 0 saturated carbocycles. The van der Waals surface area contributed by atoms with Crippen molar-refractivity contribution in [3.05, 3.63) is 68.5 Å². The number of alkyl halides is 1. The molecule has 1 atom stereocenters. The zero-order chi connectivity index (χ0) is 13.8. The van der Waals surface area contributed by atoms with Crippen LogP contribution in [-0.2, 0) is 6.42 Å². The quantitative estimate of drug-likeness (QED) is 0.465. The highest BCUT2D eigenvalue weighted by Gasteiger charge is 2.14. The fourth-order valence-electron chi connectivity index (χ4n) is 2.03. The lowest BCUT2D eigenvalue weighted by Gasteiger charge is -2.13. The number of hydrogen-bond acceptors (Lipinski definition) is 0. The summed E-state index contributed by atoms with van der Waals surface area (Å²) in [6.07, 6.45) is 2.22. The third kappa shape index (κ3) is 3.69. The Hall–Kier alpha value is -0.610. The summed E-state index contributed by atoms with van der Waals surface area (Å²) in [5.41, 5.74) is 3.32. The van der Waals surface area contributed by atoms with Gasteiger partial charge in [-0.1, -0.05) is 43.7 Å². The average Bonchev–Trinajstić information content (AvgIpc) is 2.39. The first-order valence-corrected chi connectivity index (χ1v) is 7.81. The second kappa shape index (κ2) is 6.71. The minimum atomic E-state index is -0.233. The van der Waals surface area contributed by atoms with E-state index in [2.05, 4.69) is 53.8 Å². The molecule has 0 saturated heterocycles. The Morgan fingerprint density at radius 2 is 1.84 bits per heavy atom. The first-order valence-electron chi connectivity index (χ1n) is 6.29. The normalized spacial score (nSPS) is 12.4. The molecule has 2 aromatic carbocycles. The SMILES string of the molecule is CCCc1ccc(C(Cl)c2ccc(F)cc2I)cc1. The maximum absolute atomic E-state index is 13.1. The van der Waals surface area contributed by atoms with Gasteiger partial charge in [-0.15, -0.1) is 11.6 Å². The summed E-state index contributed by atoms with van der Waals surface area (Å²) in [4.78, 5) is 0. The molecule has 0 nitrogen and oxygen atoms in total. The summed E-state index contributed by atoms with van der Waals surface area (Å²) in [6.45, 7) is 2.17. The molecule has 0 radical (unpaired) electrons.